The van der Waals surface area contributed by atoms with Crippen molar-refractivity contribution in [3.63, 3.8) is 0 Å². The van der Waals surface area contributed by atoms with Crippen LogP contribution in [0.2, 0.25) is 0 Å². The molecule has 4 aromatic rings. The van der Waals surface area contributed by atoms with E-state index in [0.717, 1.165) is 48.8 Å². The first-order chi connectivity index (χ1) is 17.7. The van der Waals surface area contributed by atoms with E-state index >= 15 is 0 Å². The van der Waals surface area contributed by atoms with Crippen molar-refractivity contribution in [2.24, 2.45) is 0 Å². The van der Waals surface area contributed by atoms with E-state index in [2.05, 4.69) is 18.7 Å². The van der Waals surface area contributed by atoms with Crippen LogP contribution in [0, 0.1) is 25.5 Å². The van der Waals surface area contributed by atoms with Gasteiger partial charge in [-0.15, -0.1) is 0 Å². The predicted octanol–water partition coefficient (Wildman–Crippen LogP) is 6.64. The highest BCUT2D eigenvalue weighted by Gasteiger charge is 2.29. The normalized spacial score (nSPS) is 15.0. The molecule has 0 spiro atoms. The van der Waals surface area contributed by atoms with Crippen LogP contribution in [-0.4, -0.2) is 33.6 Å². The average molecular weight is 504 g/mol. The molecule has 0 bridgehead atoms. The molecule has 2 aromatic carbocycles. The number of piperidine rings is 1. The van der Waals surface area contributed by atoms with E-state index < -0.39 is 11.6 Å². The molecule has 0 atom stereocenters. The zero-order valence-corrected chi connectivity index (χ0v) is 21.6. The summed E-state index contributed by atoms with van der Waals surface area (Å²) in [6, 6.07) is 12.9. The van der Waals surface area contributed by atoms with Gasteiger partial charge in [0.05, 0.1) is 11.3 Å². The van der Waals surface area contributed by atoms with Gasteiger partial charge in [0.25, 0.3) is 5.56 Å². The summed E-state index contributed by atoms with van der Waals surface area (Å²) in [5, 5.41) is 0. The Labute approximate surface area is 215 Å². The molecule has 1 fully saturated rings. The molecule has 1 aliphatic heterocycles. The Morgan fingerprint density at radius 1 is 1.00 bits per heavy atom. The molecular weight excluding hydrogens is 472 g/mol. The largest absolute Gasteiger partial charge is 0.440 e. The van der Waals surface area contributed by atoms with Gasteiger partial charge in [0.15, 0.2) is 11.7 Å². The van der Waals surface area contributed by atoms with Crippen molar-refractivity contribution in [1.29, 1.82) is 0 Å². The Hall–Kier alpha value is -3.58. The van der Waals surface area contributed by atoms with E-state index in [0.29, 0.717) is 23.2 Å². The van der Waals surface area contributed by atoms with Crippen LogP contribution in [0.5, 0.6) is 0 Å². The van der Waals surface area contributed by atoms with Crippen LogP contribution in [0.4, 0.5) is 8.78 Å². The van der Waals surface area contributed by atoms with Crippen molar-refractivity contribution in [1.82, 2.24) is 14.5 Å². The number of oxazole rings is 1. The molecule has 0 saturated carbocycles. The summed E-state index contributed by atoms with van der Waals surface area (Å²) in [7, 11) is 0. The van der Waals surface area contributed by atoms with Crippen molar-refractivity contribution in [2.45, 2.75) is 52.5 Å². The molecule has 7 heteroatoms. The quantitative estimate of drug-likeness (QED) is 0.306. The monoisotopic (exact) mass is 503 g/mol. The third-order valence-electron chi connectivity index (χ3n) is 7.29. The molecule has 3 heterocycles. The van der Waals surface area contributed by atoms with E-state index in [-0.39, 0.29) is 22.8 Å². The summed E-state index contributed by atoms with van der Waals surface area (Å²) in [5.74, 6) is -0.503. The van der Waals surface area contributed by atoms with Crippen molar-refractivity contribution in [3.05, 3.63) is 93.7 Å². The highest BCUT2D eigenvalue weighted by Crippen LogP contribution is 2.38. The minimum Gasteiger partial charge on any atom is -0.440 e. The highest BCUT2D eigenvalue weighted by molar-refractivity contribution is 5.77. The number of aryl methyl sites for hydroxylation is 2. The number of hydrogen-bond donors (Lipinski definition) is 0. The van der Waals surface area contributed by atoms with E-state index in [1.165, 1.54) is 18.2 Å². The lowest BCUT2D eigenvalue weighted by molar-refractivity contribution is 0.163. The Kier molecular flexibility index (Phi) is 6.82. The van der Waals surface area contributed by atoms with E-state index in [1.54, 1.807) is 16.8 Å². The van der Waals surface area contributed by atoms with Gasteiger partial charge in [0.2, 0.25) is 0 Å². The zero-order valence-electron chi connectivity index (χ0n) is 21.6. The molecule has 0 unspecified atom stereocenters. The maximum absolute atomic E-state index is 14.9. The summed E-state index contributed by atoms with van der Waals surface area (Å²) in [5.41, 5.74) is 3.74. The molecule has 1 saturated heterocycles. The Morgan fingerprint density at radius 2 is 1.70 bits per heavy atom. The number of halogens is 2. The second-order valence-corrected chi connectivity index (χ2v) is 10.1. The molecule has 0 N–H and O–H groups in total. The molecule has 1 aliphatic rings. The number of benzene rings is 2. The summed E-state index contributed by atoms with van der Waals surface area (Å²) in [4.78, 5) is 20.2. The molecule has 37 heavy (non-hydrogen) atoms. The van der Waals surface area contributed by atoms with E-state index in [4.69, 9.17) is 9.40 Å². The van der Waals surface area contributed by atoms with Crippen molar-refractivity contribution >= 4 is 0 Å². The lowest BCUT2D eigenvalue weighted by Gasteiger charge is -2.33. The van der Waals surface area contributed by atoms with Gasteiger partial charge in [-0.3, -0.25) is 9.36 Å². The van der Waals surface area contributed by atoms with Gasteiger partial charge in [-0.2, -0.15) is 0 Å². The average Bonchev–Trinajstić information content (AvgIpc) is 3.30. The number of hydrogen-bond acceptors (Lipinski definition) is 4. The molecule has 0 amide bonds. The Bertz CT molecular complexity index is 1480. The van der Waals surface area contributed by atoms with Gasteiger partial charge >= 0.3 is 0 Å². The molecule has 2 aromatic heterocycles. The summed E-state index contributed by atoms with van der Waals surface area (Å²) >= 11 is 0. The molecule has 5 nitrogen and oxygen atoms in total. The second-order valence-electron chi connectivity index (χ2n) is 10.1. The number of aromatic nitrogens is 2. The van der Waals surface area contributed by atoms with Crippen molar-refractivity contribution < 1.29 is 13.2 Å². The maximum atomic E-state index is 14.9. The van der Waals surface area contributed by atoms with Crippen LogP contribution in [0.25, 0.3) is 28.3 Å². The number of pyridine rings is 1. The first kappa shape index (κ1) is 25.1. The van der Waals surface area contributed by atoms with Gasteiger partial charge in [0, 0.05) is 35.9 Å². The standard InChI is InChI=1S/C30H31F2N3O2/c1-18(2)34-14-12-21(13-15-34)30-33-27(29(37-30)24-10-9-23(31)16-25(24)32)22-8-11-26(36)35(17-22)28-19(3)6-5-7-20(28)4/h5-11,16-18,21H,12-15H2,1-4H3. The molecule has 5 rings (SSSR count). The fourth-order valence-corrected chi connectivity index (χ4v) is 5.21. The Balaban J connectivity index is 1.64. The first-order valence-electron chi connectivity index (χ1n) is 12.7. The summed E-state index contributed by atoms with van der Waals surface area (Å²) < 4.78 is 36.5. The topological polar surface area (TPSA) is 51.3 Å². The van der Waals surface area contributed by atoms with Crippen molar-refractivity contribution in [2.75, 3.05) is 13.1 Å². The lowest BCUT2D eigenvalue weighted by Crippen LogP contribution is -2.37. The van der Waals surface area contributed by atoms with Crippen LogP contribution >= 0.6 is 0 Å². The third kappa shape index (κ3) is 4.88. The van der Waals surface area contributed by atoms with Crippen LogP contribution in [0.3, 0.4) is 0 Å². The predicted molar refractivity (Wildman–Crippen MR) is 141 cm³/mol. The lowest BCUT2D eigenvalue weighted by atomic mass is 9.96. The fraction of sp³-hybridized carbons (Fsp3) is 0.333. The smallest absolute Gasteiger partial charge is 0.255 e. The van der Waals surface area contributed by atoms with Crippen LogP contribution in [0.1, 0.15) is 49.6 Å². The molecule has 0 radical (unpaired) electrons. The van der Waals surface area contributed by atoms with Crippen molar-refractivity contribution in [3.8, 4) is 28.3 Å². The van der Waals surface area contributed by atoms with Crippen LogP contribution in [-0.2, 0) is 0 Å². The number of nitrogens with zero attached hydrogens (tertiary/aromatic N) is 3. The molecule has 192 valence electrons. The van der Waals surface area contributed by atoms with Gasteiger partial charge in [-0.05, 0) is 83.0 Å². The van der Waals surface area contributed by atoms with Gasteiger partial charge in [-0.25, -0.2) is 13.8 Å². The maximum Gasteiger partial charge on any atom is 0.255 e. The van der Waals surface area contributed by atoms with Gasteiger partial charge in [0.1, 0.15) is 17.3 Å². The van der Waals surface area contributed by atoms with Gasteiger partial charge in [-0.1, -0.05) is 18.2 Å². The molecule has 0 aliphatic carbocycles. The zero-order chi connectivity index (χ0) is 26.3. The highest BCUT2D eigenvalue weighted by atomic mass is 19.1. The van der Waals surface area contributed by atoms with Crippen LogP contribution < -0.4 is 5.56 Å². The summed E-state index contributed by atoms with van der Waals surface area (Å²) in [6.07, 6.45) is 3.49. The van der Waals surface area contributed by atoms with E-state index in [9.17, 15) is 13.6 Å². The van der Waals surface area contributed by atoms with Crippen LogP contribution in [0.15, 0.2) is 63.9 Å². The summed E-state index contributed by atoms with van der Waals surface area (Å²) in [6.45, 7) is 10.1. The second kappa shape index (κ2) is 10.1. The minimum absolute atomic E-state index is 0.0931. The number of likely N-dealkylation sites (tertiary alicyclic amines) is 1. The SMILES string of the molecule is Cc1cccc(C)c1-n1cc(-c2nc(C3CCN(C(C)C)CC3)oc2-c2ccc(F)cc2F)ccc1=O. The molecular formula is C30H31F2N3O2. The third-order valence-corrected chi connectivity index (χ3v) is 7.29. The van der Waals surface area contributed by atoms with Gasteiger partial charge < -0.3 is 9.32 Å². The minimum atomic E-state index is -0.721. The fourth-order valence-electron chi connectivity index (χ4n) is 5.21. The van der Waals surface area contributed by atoms with E-state index in [1.807, 2.05) is 32.0 Å². The Morgan fingerprint density at radius 3 is 2.35 bits per heavy atom. The first-order valence-corrected chi connectivity index (χ1v) is 12.7. The number of rotatable bonds is 5. The number of para-hydroxylation sites is 1.